The van der Waals surface area contributed by atoms with Crippen LogP contribution in [0.2, 0.25) is 0 Å². The minimum atomic E-state index is -0.0650. The molecule has 0 aliphatic carbocycles. The first-order valence-electron chi connectivity index (χ1n) is 11.6. The molecule has 2 aliphatic heterocycles. The lowest BCUT2D eigenvalue weighted by Gasteiger charge is -2.15. The van der Waals surface area contributed by atoms with Gasteiger partial charge in [0.2, 0.25) is 6.79 Å². The molecule has 1 fully saturated rings. The average Bonchev–Trinajstić information content (AvgIpc) is 3.61. The van der Waals surface area contributed by atoms with E-state index in [4.69, 9.17) is 19.2 Å². The Bertz CT molecular complexity index is 1510. The zero-order chi connectivity index (χ0) is 24.5. The maximum atomic E-state index is 13.5. The van der Waals surface area contributed by atoms with Crippen LogP contribution in [0, 0.1) is 0 Å². The van der Waals surface area contributed by atoms with Crippen molar-refractivity contribution in [3.05, 3.63) is 89.0 Å². The number of methoxy groups -OCH3 is 1. The summed E-state index contributed by atoms with van der Waals surface area (Å²) in [6.07, 6.45) is 4.60. The van der Waals surface area contributed by atoms with Gasteiger partial charge < -0.3 is 19.2 Å². The Morgan fingerprint density at radius 1 is 1.08 bits per heavy atom. The smallest absolute Gasteiger partial charge is 0.266 e. The van der Waals surface area contributed by atoms with Crippen molar-refractivity contribution in [2.24, 2.45) is 4.99 Å². The van der Waals surface area contributed by atoms with Crippen molar-refractivity contribution in [2.45, 2.75) is 6.42 Å². The van der Waals surface area contributed by atoms with Gasteiger partial charge in [-0.1, -0.05) is 24.3 Å². The summed E-state index contributed by atoms with van der Waals surface area (Å²) in [7, 11) is 1.63. The zero-order valence-electron chi connectivity index (χ0n) is 19.6. The Kier molecular flexibility index (Phi) is 5.87. The van der Waals surface area contributed by atoms with Crippen LogP contribution in [0.25, 0.3) is 17.0 Å². The summed E-state index contributed by atoms with van der Waals surface area (Å²) in [5, 5.41) is 1.82. The molecule has 1 N–H and O–H groups in total. The average molecular weight is 498 g/mol. The summed E-state index contributed by atoms with van der Waals surface area (Å²) in [5.74, 6) is 2.09. The normalized spacial score (nSPS) is 17.0. The summed E-state index contributed by atoms with van der Waals surface area (Å²) in [4.78, 5) is 24.0. The number of H-pyrrole nitrogens is 1. The van der Waals surface area contributed by atoms with Gasteiger partial charge in [-0.05, 0) is 77.9 Å². The molecular weight excluding hydrogens is 474 g/mol. The van der Waals surface area contributed by atoms with Gasteiger partial charge in [0.15, 0.2) is 16.7 Å². The number of aliphatic imine (C=N–C) groups is 1. The highest BCUT2D eigenvalue weighted by Crippen LogP contribution is 2.37. The Labute approximate surface area is 212 Å². The number of para-hydroxylation sites is 1. The second-order valence-corrected chi connectivity index (χ2v) is 9.39. The maximum Gasteiger partial charge on any atom is 0.266 e. The van der Waals surface area contributed by atoms with Gasteiger partial charge in [-0.15, -0.1) is 0 Å². The third-order valence-corrected chi connectivity index (χ3v) is 7.17. The SMILES string of the molecule is COc1ccc(N=C2SC(=Cc3ccc4c(c3)OCO4)C(=O)N2CCc2c[nH]c3ccccc23)cc1. The largest absolute Gasteiger partial charge is 0.497 e. The van der Waals surface area contributed by atoms with Crippen LogP contribution < -0.4 is 14.2 Å². The lowest BCUT2D eigenvalue weighted by Crippen LogP contribution is -2.31. The first-order chi connectivity index (χ1) is 17.7. The number of aromatic nitrogens is 1. The third kappa shape index (κ3) is 4.31. The fourth-order valence-corrected chi connectivity index (χ4v) is 5.31. The quantitative estimate of drug-likeness (QED) is 0.343. The molecule has 8 heteroatoms. The van der Waals surface area contributed by atoms with Crippen molar-refractivity contribution in [2.75, 3.05) is 20.4 Å². The number of aromatic amines is 1. The van der Waals surface area contributed by atoms with Crippen molar-refractivity contribution in [3.8, 4) is 17.2 Å². The first-order valence-corrected chi connectivity index (χ1v) is 12.4. The number of nitrogens with zero attached hydrogens (tertiary/aromatic N) is 2. The van der Waals surface area contributed by atoms with Gasteiger partial charge in [0.05, 0.1) is 17.7 Å². The van der Waals surface area contributed by atoms with Gasteiger partial charge in [-0.25, -0.2) is 4.99 Å². The number of nitrogens with one attached hydrogen (secondary N) is 1. The van der Waals surface area contributed by atoms with E-state index in [1.807, 2.05) is 66.9 Å². The van der Waals surface area contributed by atoms with E-state index in [0.29, 0.717) is 34.5 Å². The molecule has 0 spiro atoms. The van der Waals surface area contributed by atoms with Gasteiger partial charge in [-0.3, -0.25) is 9.69 Å². The van der Waals surface area contributed by atoms with Crippen molar-refractivity contribution in [3.63, 3.8) is 0 Å². The summed E-state index contributed by atoms with van der Waals surface area (Å²) < 4.78 is 16.2. The highest BCUT2D eigenvalue weighted by atomic mass is 32.2. The topological polar surface area (TPSA) is 76.2 Å². The molecule has 36 heavy (non-hydrogen) atoms. The summed E-state index contributed by atoms with van der Waals surface area (Å²) in [6.45, 7) is 0.727. The Hall–Kier alpha value is -4.17. The maximum absolute atomic E-state index is 13.5. The molecule has 0 radical (unpaired) electrons. The number of fused-ring (bicyclic) bond motifs is 2. The minimum Gasteiger partial charge on any atom is -0.497 e. The molecule has 0 saturated carbocycles. The van der Waals surface area contributed by atoms with Crippen molar-refractivity contribution in [1.29, 1.82) is 0 Å². The number of thioether (sulfide) groups is 1. The number of hydrogen-bond acceptors (Lipinski definition) is 6. The third-order valence-electron chi connectivity index (χ3n) is 6.16. The molecule has 4 aromatic rings. The minimum absolute atomic E-state index is 0.0650. The van der Waals surface area contributed by atoms with Gasteiger partial charge in [0.1, 0.15) is 5.75 Å². The Morgan fingerprint density at radius 2 is 1.92 bits per heavy atom. The number of benzene rings is 3. The molecule has 2 aliphatic rings. The highest BCUT2D eigenvalue weighted by molar-refractivity contribution is 8.18. The van der Waals surface area contributed by atoms with Crippen LogP contribution in [0.15, 0.2) is 82.8 Å². The predicted octanol–water partition coefficient (Wildman–Crippen LogP) is 5.75. The molecule has 0 atom stereocenters. The molecule has 3 aromatic carbocycles. The fraction of sp³-hybridized carbons (Fsp3) is 0.143. The number of amidine groups is 1. The molecule has 1 saturated heterocycles. The van der Waals surface area contributed by atoms with Crippen molar-refractivity contribution in [1.82, 2.24) is 9.88 Å². The standard InChI is InChI=1S/C28H23N3O4S/c1-33-21-9-7-20(8-10-21)30-28-31(13-12-19-16-29-23-5-3-2-4-22(19)23)27(32)26(36-28)15-18-6-11-24-25(14-18)35-17-34-24/h2-11,14-16,29H,12-13,17H2,1H3. The molecule has 1 amide bonds. The summed E-state index contributed by atoms with van der Waals surface area (Å²) in [5.41, 5.74) is 3.88. The van der Waals surface area contributed by atoms with Crippen LogP contribution in [-0.2, 0) is 11.2 Å². The van der Waals surface area contributed by atoms with E-state index < -0.39 is 0 Å². The second-order valence-electron chi connectivity index (χ2n) is 8.38. The van der Waals surface area contributed by atoms with Gasteiger partial charge >= 0.3 is 0 Å². The van der Waals surface area contributed by atoms with Gasteiger partial charge in [-0.2, -0.15) is 0 Å². The van der Waals surface area contributed by atoms with E-state index in [-0.39, 0.29) is 12.7 Å². The molecule has 1 aromatic heterocycles. The first kappa shape index (κ1) is 22.3. The fourth-order valence-electron chi connectivity index (χ4n) is 4.28. The molecular formula is C28H23N3O4S. The lowest BCUT2D eigenvalue weighted by molar-refractivity contribution is -0.122. The van der Waals surface area contributed by atoms with Crippen LogP contribution in [0.5, 0.6) is 17.2 Å². The number of carbonyl (C=O) groups is 1. The number of ether oxygens (including phenoxy) is 3. The number of carbonyl (C=O) groups excluding carboxylic acids is 1. The van der Waals surface area contributed by atoms with Crippen molar-refractivity contribution < 1.29 is 19.0 Å². The molecule has 7 nitrogen and oxygen atoms in total. The Balaban J connectivity index is 1.31. The van der Waals surface area contributed by atoms with E-state index >= 15 is 0 Å². The molecule has 6 rings (SSSR count). The van der Waals surface area contributed by atoms with Gasteiger partial charge in [0, 0.05) is 23.6 Å². The zero-order valence-corrected chi connectivity index (χ0v) is 20.4. The van der Waals surface area contributed by atoms with E-state index in [9.17, 15) is 4.79 Å². The number of rotatable bonds is 6. The summed E-state index contributed by atoms with van der Waals surface area (Å²) >= 11 is 1.38. The lowest BCUT2D eigenvalue weighted by atomic mass is 10.1. The van der Waals surface area contributed by atoms with E-state index in [1.165, 1.54) is 22.7 Å². The predicted molar refractivity (Wildman–Crippen MR) is 142 cm³/mol. The second kappa shape index (κ2) is 9.47. The van der Waals surface area contributed by atoms with Crippen LogP contribution in [-0.4, -0.2) is 41.4 Å². The number of amides is 1. The molecule has 0 bridgehead atoms. The Morgan fingerprint density at radius 3 is 2.78 bits per heavy atom. The summed E-state index contributed by atoms with van der Waals surface area (Å²) in [6, 6.07) is 21.3. The van der Waals surface area contributed by atoms with E-state index in [1.54, 1.807) is 12.0 Å². The molecule has 3 heterocycles. The monoisotopic (exact) mass is 497 g/mol. The van der Waals surface area contributed by atoms with Crippen LogP contribution in [0.4, 0.5) is 5.69 Å². The highest BCUT2D eigenvalue weighted by Gasteiger charge is 2.33. The van der Waals surface area contributed by atoms with E-state index in [0.717, 1.165) is 22.5 Å². The van der Waals surface area contributed by atoms with Crippen LogP contribution >= 0.6 is 11.8 Å². The van der Waals surface area contributed by atoms with E-state index in [2.05, 4.69) is 17.1 Å². The van der Waals surface area contributed by atoms with Crippen molar-refractivity contribution >= 4 is 45.5 Å². The van der Waals surface area contributed by atoms with Crippen LogP contribution in [0.1, 0.15) is 11.1 Å². The van der Waals surface area contributed by atoms with Gasteiger partial charge in [0.25, 0.3) is 5.91 Å². The molecule has 0 unspecified atom stereocenters. The molecule has 180 valence electrons. The van der Waals surface area contributed by atoms with Crippen LogP contribution in [0.3, 0.4) is 0 Å². The number of hydrogen-bond donors (Lipinski definition) is 1.